The summed E-state index contributed by atoms with van der Waals surface area (Å²) in [5, 5.41) is 10.3. The van der Waals surface area contributed by atoms with Gasteiger partial charge in [-0.25, -0.2) is 9.78 Å². The zero-order chi connectivity index (χ0) is 12.3. The second kappa shape index (κ2) is 6.64. The molecule has 0 aliphatic rings. The number of pyridine rings is 1. The summed E-state index contributed by atoms with van der Waals surface area (Å²) in [6, 6.07) is 10.8. The maximum absolute atomic E-state index is 10.7. The number of hydrogen-bond donors (Lipinski definition) is 1. The zero-order valence-corrected chi connectivity index (χ0v) is 11.4. The second-order valence-corrected chi connectivity index (χ2v) is 4.85. The van der Waals surface area contributed by atoms with Crippen LogP contribution in [0.1, 0.15) is 10.4 Å². The average molecular weight is 302 g/mol. The molecule has 0 bridgehead atoms. The molecule has 0 saturated carbocycles. The van der Waals surface area contributed by atoms with Crippen molar-refractivity contribution in [2.75, 3.05) is 0 Å². The van der Waals surface area contributed by atoms with Crippen molar-refractivity contribution in [3.05, 3.63) is 53.2 Å². The van der Waals surface area contributed by atoms with Crippen molar-refractivity contribution >= 4 is 29.3 Å². The highest BCUT2D eigenvalue weighted by Crippen LogP contribution is 2.25. The maximum Gasteiger partial charge on any atom is 0.341 e. The van der Waals surface area contributed by atoms with Crippen LogP contribution in [-0.4, -0.2) is 11.1 Å². The zero-order valence-electron chi connectivity index (χ0n) is 9.06. The number of aromatic nitrogens is 1. The normalized spacial score (nSPS) is 9.61. The van der Waals surface area contributed by atoms with Gasteiger partial charge in [-0.1, -0.05) is 11.6 Å². The van der Waals surface area contributed by atoms with E-state index in [9.17, 15) is 4.79 Å². The average Bonchev–Trinajstić information content (AvgIpc) is 2.33. The molecule has 94 valence electrons. The number of aromatic amines is 1. The number of aromatic carboxylic acids is 1. The minimum Gasteiger partial charge on any atom is -1.00 e. The molecule has 0 aliphatic carbocycles. The third-order valence-corrected chi connectivity index (χ3v) is 3.31. The van der Waals surface area contributed by atoms with Crippen LogP contribution in [0.5, 0.6) is 0 Å². The van der Waals surface area contributed by atoms with Crippen LogP contribution in [0, 0.1) is 0 Å². The number of rotatable bonds is 3. The van der Waals surface area contributed by atoms with Gasteiger partial charge in [-0.3, -0.25) is 0 Å². The number of H-pyrrole nitrogens is 1. The van der Waals surface area contributed by atoms with Crippen LogP contribution in [0.15, 0.2) is 52.5 Å². The van der Waals surface area contributed by atoms with E-state index < -0.39 is 5.97 Å². The number of nitrogens with one attached hydrogen (secondary N) is 1. The molecule has 1 heterocycles. The summed E-state index contributed by atoms with van der Waals surface area (Å²) in [5.41, 5.74) is 0.241. The molecule has 18 heavy (non-hydrogen) atoms. The molecule has 2 aromatic rings. The number of carbonyl (C=O) groups is 1. The first-order chi connectivity index (χ1) is 8.15. The Kier molecular flexibility index (Phi) is 5.47. The Bertz CT molecular complexity index is 529. The van der Waals surface area contributed by atoms with Crippen LogP contribution < -0.4 is 17.4 Å². The summed E-state index contributed by atoms with van der Waals surface area (Å²) < 4.78 is 0. The van der Waals surface area contributed by atoms with Gasteiger partial charge in [0, 0.05) is 16.0 Å². The Labute approximate surface area is 120 Å². The quantitative estimate of drug-likeness (QED) is 0.869. The van der Waals surface area contributed by atoms with Gasteiger partial charge in [-0.15, -0.1) is 0 Å². The fourth-order valence-electron chi connectivity index (χ4n) is 1.24. The van der Waals surface area contributed by atoms with Gasteiger partial charge >= 0.3 is 5.97 Å². The standard InChI is InChI=1S/C12H8ClNO2S.ClH/c13-9-2-4-10(5-3-9)17-11-6-1-8(7-14-11)12(15)16;/h1-7H,(H,15,16);1H. The van der Waals surface area contributed by atoms with Crippen LogP contribution in [0.25, 0.3) is 0 Å². The van der Waals surface area contributed by atoms with Crippen LogP contribution in [0.2, 0.25) is 5.02 Å². The van der Waals surface area contributed by atoms with E-state index in [0.29, 0.717) is 5.02 Å². The van der Waals surface area contributed by atoms with Gasteiger partial charge in [0.15, 0.2) is 6.20 Å². The van der Waals surface area contributed by atoms with E-state index in [1.165, 1.54) is 18.0 Å². The summed E-state index contributed by atoms with van der Waals surface area (Å²) in [4.78, 5) is 14.6. The highest BCUT2D eigenvalue weighted by atomic mass is 35.5. The smallest absolute Gasteiger partial charge is 0.341 e. The number of carboxylic acids is 1. The molecule has 0 fully saturated rings. The monoisotopic (exact) mass is 301 g/mol. The summed E-state index contributed by atoms with van der Waals surface area (Å²) >= 11 is 7.30. The molecular weight excluding hydrogens is 293 g/mol. The van der Waals surface area contributed by atoms with Crippen molar-refractivity contribution in [2.45, 2.75) is 9.92 Å². The first-order valence-electron chi connectivity index (χ1n) is 4.83. The first-order valence-corrected chi connectivity index (χ1v) is 6.03. The van der Waals surface area contributed by atoms with Gasteiger partial charge in [0.25, 0.3) is 0 Å². The topological polar surface area (TPSA) is 51.4 Å². The Balaban J connectivity index is 0.00000162. The Morgan fingerprint density at radius 3 is 2.33 bits per heavy atom. The highest BCUT2D eigenvalue weighted by Gasteiger charge is 2.09. The molecule has 0 atom stereocenters. The highest BCUT2D eigenvalue weighted by molar-refractivity contribution is 7.99. The molecule has 2 rings (SSSR count). The van der Waals surface area contributed by atoms with Crippen molar-refractivity contribution in [1.82, 2.24) is 0 Å². The SMILES string of the molecule is O=C(O)c1ccc(Sc2ccc(Cl)cc2)[nH+]c1.[Cl-]. The minimum atomic E-state index is -0.940. The third kappa shape index (κ3) is 3.91. The van der Waals surface area contributed by atoms with Crippen molar-refractivity contribution in [1.29, 1.82) is 0 Å². The molecule has 0 saturated heterocycles. The molecule has 0 aliphatic heterocycles. The summed E-state index contributed by atoms with van der Waals surface area (Å²) in [6.45, 7) is 0. The molecule has 3 nitrogen and oxygen atoms in total. The van der Waals surface area contributed by atoms with Gasteiger partial charge in [0.05, 0.1) is 0 Å². The Hall–Kier alpha value is -1.23. The lowest BCUT2D eigenvalue weighted by molar-refractivity contribution is -0.426. The maximum atomic E-state index is 10.7. The lowest BCUT2D eigenvalue weighted by Crippen LogP contribution is -3.00. The number of benzene rings is 1. The predicted molar refractivity (Wildman–Crippen MR) is 65.5 cm³/mol. The molecule has 0 spiro atoms. The van der Waals surface area contributed by atoms with E-state index in [2.05, 4.69) is 4.98 Å². The van der Waals surface area contributed by atoms with Crippen LogP contribution in [-0.2, 0) is 0 Å². The van der Waals surface area contributed by atoms with Gasteiger partial charge in [0.1, 0.15) is 5.56 Å². The van der Waals surface area contributed by atoms with Crippen molar-refractivity contribution in [3.8, 4) is 0 Å². The predicted octanol–water partition coefficient (Wildman–Crippen LogP) is 0.00750. The molecule has 0 unspecified atom stereocenters. The molecular formula is C12H9Cl2NO2S. The van der Waals surface area contributed by atoms with Crippen molar-refractivity contribution < 1.29 is 27.3 Å². The van der Waals surface area contributed by atoms with E-state index in [0.717, 1.165) is 9.92 Å². The lowest BCUT2D eigenvalue weighted by atomic mass is 10.3. The van der Waals surface area contributed by atoms with Crippen LogP contribution >= 0.6 is 23.4 Å². The molecule has 1 aromatic carbocycles. The Morgan fingerprint density at radius 2 is 1.83 bits per heavy atom. The van der Waals surface area contributed by atoms with Gasteiger partial charge in [0.2, 0.25) is 5.03 Å². The number of hydrogen-bond acceptors (Lipinski definition) is 2. The summed E-state index contributed by atoms with van der Waals surface area (Å²) in [7, 11) is 0. The van der Waals surface area contributed by atoms with E-state index in [1.807, 2.05) is 24.3 Å². The molecule has 0 amide bonds. The fraction of sp³-hybridized carbons (Fsp3) is 0. The number of halogens is 2. The lowest BCUT2D eigenvalue weighted by Gasteiger charge is -1.97. The van der Waals surface area contributed by atoms with E-state index in [-0.39, 0.29) is 18.0 Å². The largest absolute Gasteiger partial charge is 1.00 e. The van der Waals surface area contributed by atoms with Crippen LogP contribution in [0.4, 0.5) is 0 Å². The molecule has 0 radical (unpaired) electrons. The van der Waals surface area contributed by atoms with Crippen molar-refractivity contribution in [2.24, 2.45) is 0 Å². The van der Waals surface area contributed by atoms with Crippen LogP contribution in [0.3, 0.4) is 0 Å². The third-order valence-electron chi connectivity index (χ3n) is 2.07. The second-order valence-electron chi connectivity index (χ2n) is 3.30. The van der Waals surface area contributed by atoms with E-state index in [1.54, 1.807) is 12.1 Å². The summed E-state index contributed by atoms with van der Waals surface area (Å²) in [5.74, 6) is -0.940. The summed E-state index contributed by atoms with van der Waals surface area (Å²) in [6.07, 6.45) is 1.47. The van der Waals surface area contributed by atoms with Gasteiger partial charge < -0.3 is 17.5 Å². The van der Waals surface area contributed by atoms with E-state index in [4.69, 9.17) is 16.7 Å². The fourth-order valence-corrected chi connectivity index (χ4v) is 2.14. The van der Waals surface area contributed by atoms with E-state index >= 15 is 0 Å². The molecule has 2 N–H and O–H groups in total. The molecule has 6 heteroatoms. The number of carboxylic acid groups (broad SMARTS) is 1. The Morgan fingerprint density at radius 1 is 1.17 bits per heavy atom. The first kappa shape index (κ1) is 14.8. The molecule has 1 aromatic heterocycles. The van der Waals surface area contributed by atoms with Gasteiger partial charge in [-0.05, 0) is 42.1 Å². The van der Waals surface area contributed by atoms with Gasteiger partial charge in [-0.2, -0.15) is 0 Å². The van der Waals surface area contributed by atoms with Crippen molar-refractivity contribution in [3.63, 3.8) is 0 Å². The minimum absolute atomic E-state index is 0.